The summed E-state index contributed by atoms with van der Waals surface area (Å²) in [4.78, 5) is 5.29. The van der Waals surface area contributed by atoms with E-state index < -0.39 is 0 Å². The van der Waals surface area contributed by atoms with E-state index in [-0.39, 0.29) is 0 Å². The average molecular weight is 293 g/mol. The zero-order valence-corrected chi connectivity index (χ0v) is 14.0. The highest BCUT2D eigenvalue weighted by atomic mass is 15.2. The van der Waals surface area contributed by atoms with Gasteiger partial charge in [0.1, 0.15) is 0 Å². The molecule has 3 fully saturated rings. The SMILES string of the molecule is CN1CCC(CN2CCCNC(C3CCCCC3)C2)CC1. The van der Waals surface area contributed by atoms with E-state index >= 15 is 0 Å². The Labute approximate surface area is 131 Å². The van der Waals surface area contributed by atoms with Crippen molar-refractivity contribution in [1.82, 2.24) is 15.1 Å². The summed E-state index contributed by atoms with van der Waals surface area (Å²) < 4.78 is 0. The predicted octanol–water partition coefficient (Wildman–Crippen LogP) is 2.57. The van der Waals surface area contributed by atoms with Gasteiger partial charge in [0.25, 0.3) is 0 Å². The molecule has 1 N–H and O–H groups in total. The lowest BCUT2D eigenvalue weighted by molar-refractivity contribution is 0.146. The van der Waals surface area contributed by atoms with Crippen LogP contribution in [0.25, 0.3) is 0 Å². The van der Waals surface area contributed by atoms with E-state index in [4.69, 9.17) is 0 Å². The van der Waals surface area contributed by atoms with E-state index in [1.165, 1.54) is 90.6 Å². The summed E-state index contributed by atoms with van der Waals surface area (Å²) in [7, 11) is 2.27. The molecule has 3 heteroatoms. The van der Waals surface area contributed by atoms with Gasteiger partial charge in [-0.05, 0) is 77.2 Å². The number of rotatable bonds is 3. The quantitative estimate of drug-likeness (QED) is 0.863. The van der Waals surface area contributed by atoms with Crippen molar-refractivity contribution in [3.8, 4) is 0 Å². The molecule has 3 nitrogen and oxygen atoms in total. The summed E-state index contributed by atoms with van der Waals surface area (Å²) in [5.41, 5.74) is 0. The minimum Gasteiger partial charge on any atom is -0.312 e. The Kier molecular flexibility index (Phi) is 5.96. The van der Waals surface area contributed by atoms with Crippen molar-refractivity contribution >= 4 is 0 Å². The van der Waals surface area contributed by atoms with Crippen LogP contribution in [-0.4, -0.2) is 62.2 Å². The van der Waals surface area contributed by atoms with Gasteiger partial charge in [0.2, 0.25) is 0 Å². The molecule has 2 saturated heterocycles. The molecule has 0 aromatic heterocycles. The molecule has 3 aliphatic rings. The van der Waals surface area contributed by atoms with Crippen molar-refractivity contribution in [1.29, 1.82) is 0 Å². The lowest BCUT2D eigenvalue weighted by Gasteiger charge is -2.36. The Balaban J connectivity index is 1.49. The first-order valence-electron chi connectivity index (χ1n) is 9.45. The minimum atomic E-state index is 0.777. The second-order valence-electron chi connectivity index (χ2n) is 7.82. The van der Waals surface area contributed by atoms with Crippen molar-refractivity contribution in [3.05, 3.63) is 0 Å². The molecular formula is C18H35N3. The molecule has 2 heterocycles. The number of nitrogens with one attached hydrogen (secondary N) is 1. The summed E-state index contributed by atoms with van der Waals surface area (Å²) in [6.07, 6.45) is 11.5. The van der Waals surface area contributed by atoms with Crippen LogP contribution in [-0.2, 0) is 0 Å². The van der Waals surface area contributed by atoms with Gasteiger partial charge < -0.3 is 15.1 Å². The average Bonchev–Trinajstić information content (AvgIpc) is 2.76. The first-order chi connectivity index (χ1) is 10.3. The van der Waals surface area contributed by atoms with Crippen LogP contribution in [0, 0.1) is 11.8 Å². The number of piperidine rings is 1. The molecule has 0 amide bonds. The van der Waals surface area contributed by atoms with E-state index in [1.54, 1.807) is 0 Å². The van der Waals surface area contributed by atoms with Crippen LogP contribution >= 0.6 is 0 Å². The van der Waals surface area contributed by atoms with Crippen LogP contribution in [0.5, 0.6) is 0 Å². The fraction of sp³-hybridized carbons (Fsp3) is 1.00. The third kappa shape index (κ3) is 4.67. The molecule has 0 aromatic rings. The molecule has 0 spiro atoms. The van der Waals surface area contributed by atoms with Gasteiger partial charge in [-0.3, -0.25) is 0 Å². The molecule has 1 atom stereocenters. The van der Waals surface area contributed by atoms with Crippen LogP contribution in [0.1, 0.15) is 51.4 Å². The van der Waals surface area contributed by atoms with E-state index in [2.05, 4.69) is 22.2 Å². The van der Waals surface area contributed by atoms with Crippen LogP contribution in [0.2, 0.25) is 0 Å². The van der Waals surface area contributed by atoms with Crippen LogP contribution in [0.4, 0.5) is 0 Å². The number of hydrogen-bond donors (Lipinski definition) is 1. The maximum atomic E-state index is 3.88. The molecule has 21 heavy (non-hydrogen) atoms. The summed E-state index contributed by atoms with van der Waals surface area (Å²) in [6, 6.07) is 0.777. The molecule has 122 valence electrons. The topological polar surface area (TPSA) is 18.5 Å². The largest absolute Gasteiger partial charge is 0.312 e. The van der Waals surface area contributed by atoms with Crippen molar-refractivity contribution in [3.63, 3.8) is 0 Å². The zero-order chi connectivity index (χ0) is 14.5. The smallest absolute Gasteiger partial charge is 0.0223 e. The molecule has 3 rings (SSSR count). The molecule has 1 unspecified atom stereocenters. The molecular weight excluding hydrogens is 258 g/mol. The Hall–Kier alpha value is -0.120. The van der Waals surface area contributed by atoms with E-state index in [0.717, 1.165) is 17.9 Å². The summed E-state index contributed by atoms with van der Waals surface area (Å²) in [5, 5.41) is 3.88. The highest BCUT2D eigenvalue weighted by Crippen LogP contribution is 2.28. The first-order valence-corrected chi connectivity index (χ1v) is 9.45. The number of likely N-dealkylation sites (tertiary alicyclic amines) is 1. The molecule has 1 aliphatic carbocycles. The fourth-order valence-electron chi connectivity index (χ4n) is 4.65. The lowest BCUT2D eigenvalue weighted by atomic mass is 9.83. The highest BCUT2D eigenvalue weighted by molar-refractivity contribution is 4.85. The molecule has 2 aliphatic heterocycles. The monoisotopic (exact) mass is 293 g/mol. The maximum absolute atomic E-state index is 3.88. The second-order valence-corrected chi connectivity index (χ2v) is 7.82. The maximum Gasteiger partial charge on any atom is 0.0223 e. The molecule has 1 saturated carbocycles. The van der Waals surface area contributed by atoms with E-state index in [1.807, 2.05) is 0 Å². The van der Waals surface area contributed by atoms with Gasteiger partial charge in [-0.25, -0.2) is 0 Å². The molecule has 0 bridgehead atoms. The molecule has 0 aromatic carbocycles. The first kappa shape index (κ1) is 15.8. The Morgan fingerprint density at radius 1 is 0.905 bits per heavy atom. The van der Waals surface area contributed by atoms with Crippen molar-refractivity contribution in [2.75, 3.05) is 46.3 Å². The van der Waals surface area contributed by atoms with Crippen LogP contribution in [0.3, 0.4) is 0 Å². The normalized spacial score (nSPS) is 32.1. The van der Waals surface area contributed by atoms with Crippen LogP contribution in [0.15, 0.2) is 0 Å². The standard InChI is InChI=1S/C18H35N3/c1-20-12-8-16(9-13-20)14-21-11-5-10-19-18(15-21)17-6-3-2-4-7-17/h16-19H,2-15H2,1H3. The van der Waals surface area contributed by atoms with Crippen LogP contribution < -0.4 is 5.32 Å². The Morgan fingerprint density at radius 3 is 2.43 bits per heavy atom. The second kappa shape index (κ2) is 7.94. The number of nitrogens with zero attached hydrogens (tertiary/aromatic N) is 2. The van der Waals surface area contributed by atoms with Gasteiger partial charge >= 0.3 is 0 Å². The van der Waals surface area contributed by atoms with Crippen molar-refractivity contribution < 1.29 is 0 Å². The predicted molar refractivity (Wildman–Crippen MR) is 89.6 cm³/mol. The van der Waals surface area contributed by atoms with Gasteiger partial charge in [-0.1, -0.05) is 19.3 Å². The van der Waals surface area contributed by atoms with Crippen molar-refractivity contribution in [2.24, 2.45) is 11.8 Å². The third-order valence-electron chi connectivity index (χ3n) is 6.09. The Bertz CT molecular complexity index is 293. The van der Waals surface area contributed by atoms with Gasteiger partial charge in [-0.15, -0.1) is 0 Å². The fourth-order valence-corrected chi connectivity index (χ4v) is 4.65. The van der Waals surface area contributed by atoms with Gasteiger partial charge in [0.05, 0.1) is 0 Å². The summed E-state index contributed by atoms with van der Waals surface area (Å²) in [6.45, 7) is 7.86. The van der Waals surface area contributed by atoms with Gasteiger partial charge in [0, 0.05) is 19.1 Å². The van der Waals surface area contributed by atoms with Gasteiger partial charge in [-0.2, -0.15) is 0 Å². The summed E-state index contributed by atoms with van der Waals surface area (Å²) >= 11 is 0. The number of hydrogen-bond acceptors (Lipinski definition) is 3. The van der Waals surface area contributed by atoms with Crippen molar-refractivity contribution in [2.45, 2.75) is 57.4 Å². The summed E-state index contributed by atoms with van der Waals surface area (Å²) in [5.74, 6) is 1.91. The highest BCUT2D eigenvalue weighted by Gasteiger charge is 2.28. The zero-order valence-electron chi connectivity index (χ0n) is 14.0. The molecule has 0 radical (unpaired) electrons. The minimum absolute atomic E-state index is 0.777. The van der Waals surface area contributed by atoms with E-state index in [0.29, 0.717) is 0 Å². The van der Waals surface area contributed by atoms with Gasteiger partial charge in [0.15, 0.2) is 0 Å². The Morgan fingerprint density at radius 2 is 1.67 bits per heavy atom. The van der Waals surface area contributed by atoms with E-state index in [9.17, 15) is 0 Å². The third-order valence-corrected chi connectivity index (χ3v) is 6.09. The lowest BCUT2D eigenvalue weighted by Crippen LogP contribution is -2.45.